The topological polar surface area (TPSA) is 24.9 Å². The summed E-state index contributed by atoms with van der Waals surface area (Å²) in [6.45, 7) is 0. The highest BCUT2D eigenvalue weighted by molar-refractivity contribution is 14.1. The SMILES string of the molecule is S=C(I)Nc1cccc2cccnc12. The number of fused-ring (bicyclic) bond motifs is 1. The quantitative estimate of drug-likeness (QED) is 0.378. The van der Waals surface area contributed by atoms with Crippen molar-refractivity contribution in [2.24, 2.45) is 0 Å². The molecule has 0 bridgehead atoms. The average molecular weight is 314 g/mol. The van der Waals surface area contributed by atoms with E-state index >= 15 is 0 Å². The second-order valence-electron chi connectivity index (χ2n) is 2.78. The number of hydrogen-bond acceptors (Lipinski definition) is 2. The van der Waals surface area contributed by atoms with Crippen molar-refractivity contribution in [3.63, 3.8) is 0 Å². The molecule has 4 heteroatoms. The summed E-state index contributed by atoms with van der Waals surface area (Å²) in [6.07, 6.45) is 1.78. The molecule has 1 aromatic carbocycles. The van der Waals surface area contributed by atoms with Crippen LogP contribution in [-0.2, 0) is 0 Å². The molecule has 0 atom stereocenters. The van der Waals surface area contributed by atoms with Crippen molar-refractivity contribution in [2.75, 3.05) is 5.32 Å². The number of thiocarbonyl (C=S) groups is 1. The third-order valence-electron chi connectivity index (χ3n) is 1.87. The van der Waals surface area contributed by atoms with Crippen LogP contribution < -0.4 is 5.32 Å². The van der Waals surface area contributed by atoms with E-state index in [1.165, 1.54) is 0 Å². The van der Waals surface area contributed by atoms with Gasteiger partial charge in [-0.3, -0.25) is 4.98 Å². The number of pyridine rings is 1. The van der Waals surface area contributed by atoms with Crippen LogP contribution in [0.15, 0.2) is 36.5 Å². The molecule has 1 heterocycles. The first-order valence-electron chi connectivity index (χ1n) is 4.07. The van der Waals surface area contributed by atoms with Crippen molar-refractivity contribution in [3.05, 3.63) is 36.5 Å². The molecule has 0 aliphatic rings. The van der Waals surface area contributed by atoms with E-state index in [-0.39, 0.29) is 0 Å². The third kappa shape index (κ3) is 2.01. The molecule has 0 saturated carbocycles. The largest absolute Gasteiger partial charge is 0.340 e. The Morgan fingerprint density at radius 2 is 2.07 bits per heavy atom. The number of aromatic nitrogens is 1. The van der Waals surface area contributed by atoms with E-state index in [0.29, 0.717) is 0 Å². The minimum Gasteiger partial charge on any atom is -0.340 e. The Bertz CT molecular complexity index is 479. The molecule has 0 spiro atoms. The van der Waals surface area contributed by atoms with E-state index in [0.717, 1.165) is 19.6 Å². The molecule has 1 aromatic heterocycles. The Labute approximate surface area is 101 Å². The molecule has 0 amide bonds. The zero-order valence-electron chi connectivity index (χ0n) is 7.20. The average Bonchev–Trinajstić information content (AvgIpc) is 2.18. The number of nitrogens with one attached hydrogen (secondary N) is 1. The van der Waals surface area contributed by atoms with Gasteiger partial charge in [-0.2, -0.15) is 0 Å². The second kappa shape index (κ2) is 4.18. The number of hydrogen-bond donors (Lipinski definition) is 1. The number of halogens is 1. The molecular weight excluding hydrogens is 307 g/mol. The maximum Gasteiger partial charge on any atom is 0.142 e. The van der Waals surface area contributed by atoms with E-state index < -0.39 is 0 Å². The van der Waals surface area contributed by atoms with Gasteiger partial charge >= 0.3 is 0 Å². The van der Waals surface area contributed by atoms with Crippen LogP contribution in [0.1, 0.15) is 0 Å². The van der Waals surface area contributed by atoms with Crippen molar-refractivity contribution in [2.45, 2.75) is 0 Å². The molecular formula is C10H7IN2S. The summed E-state index contributed by atoms with van der Waals surface area (Å²) in [5, 5.41) is 4.22. The molecule has 0 aliphatic carbocycles. The van der Waals surface area contributed by atoms with Crippen LogP contribution in [0.4, 0.5) is 5.69 Å². The molecule has 1 N–H and O–H groups in total. The summed E-state index contributed by atoms with van der Waals surface area (Å²) in [4.78, 5) is 4.31. The van der Waals surface area contributed by atoms with Crippen LogP contribution in [0.25, 0.3) is 10.9 Å². The van der Waals surface area contributed by atoms with E-state index in [1.807, 2.05) is 30.3 Å². The molecule has 2 rings (SSSR count). The number of anilines is 1. The van der Waals surface area contributed by atoms with Gasteiger partial charge in [-0.05, 0) is 34.7 Å². The summed E-state index contributed by atoms with van der Waals surface area (Å²) in [6, 6.07) is 9.95. The maximum atomic E-state index is 4.99. The van der Waals surface area contributed by atoms with Crippen LogP contribution in [-0.4, -0.2) is 7.98 Å². The van der Waals surface area contributed by atoms with Crippen LogP contribution in [0.3, 0.4) is 0 Å². The van der Waals surface area contributed by atoms with Crippen molar-refractivity contribution in [1.82, 2.24) is 4.98 Å². The van der Waals surface area contributed by atoms with Crippen molar-refractivity contribution in [1.29, 1.82) is 0 Å². The summed E-state index contributed by atoms with van der Waals surface area (Å²) >= 11 is 7.06. The van der Waals surface area contributed by atoms with Gasteiger partial charge in [-0.1, -0.05) is 30.4 Å². The number of rotatable bonds is 1. The standard InChI is InChI=1S/C10H7IN2S/c11-10(14)13-8-5-1-3-7-4-2-6-12-9(7)8/h1-6H,(H,13,14). The van der Waals surface area contributed by atoms with Gasteiger partial charge < -0.3 is 5.32 Å². The second-order valence-corrected chi connectivity index (χ2v) is 5.00. The molecule has 70 valence electrons. The minimum absolute atomic E-state index is 0.723. The Hall–Kier alpha value is -0.750. The molecule has 0 saturated heterocycles. The Morgan fingerprint density at radius 1 is 1.29 bits per heavy atom. The number of benzene rings is 1. The molecule has 0 radical (unpaired) electrons. The summed E-state index contributed by atoms with van der Waals surface area (Å²) in [5.74, 6) is 0. The predicted molar refractivity (Wildman–Crippen MR) is 72.0 cm³/mol. The lowest BCUT2D eigenvalue weighted by atomic mass is 10.2. The monoisotopic (exact) mass is 314 g/mol. The highest BCUT2D eigenvalue weighted by atomic mass is 127. The lowest BCUT2D eigenvalue weighted by molar-refractivity contribution is 1.41. The summed E-state index contributed by atoms with van der Waals surface area (Å²) < 4.78 is 0.723. The smallest absolute Gasteiger partial charge is 0.142 e. The first-order chi connectivity index (χ1) is 6.77. The van der Waals surface area contributed by atoms with E-state index in [4.69, 9.17) is 12.2 Å². The predicted octanol–water partition coefficient (Wildman–Crippen LogP) is 3.37. The number of para-hydroxylation sites is 1. The fourth-order valence-corrected chi connectivity index (χ4v) is 1.71. The van der Waals surface area contributed by atoms with Crippen LogP contribution in [0.5, 0.6) is 0 Å². The van der Waals surface area contributed by atoms with Crippen LogP contribution >= 0.6 is 34.8 Å². The van der Waals surface area contributed by atoms with E-state index in [9.17, 15) is 0 Å². The first-order valence-corrected chi connectivity index (χ1v) is 5.56. The van der Waals surface area contributed by atoms with Gasteiger partial charge in [-0.25, -0.2) is 0 Å². The van der Waals surface area contributed by atoms with Gasteiger partial charge in [0, 0.05) is 11.6 Å². The first kappa shape index (κ1) is 9.79. The van der Waals surface area contributed by atoms with E-state index in [2.05, 4.69) is 32.9 Å². The van der Waals surface area contributed by atoms with Crippen LogP contribution in [0, 0.1) is 0 Å². The zero-order chi connectivity index (χ0) is 9.97. The van der Waals surface area contributed by atoms with Crippen molar-refractivity contribution in [3.8, 4) is 0 Å². The Balaban J connectivity index is 2.59. The molecule has 0 unspecified atom stereocenters. The molecule has 14 heavy (non-hydrogen) atoms. The fraction of sp³-hybridized carbons (Fsp3) is 0. The summed E-state index contributed by atoms with van der Waals surface area (Å²) in [7, 11) is 0. The van der Waals surface area contributed by atoms with E-state index in [1.54, 1.807) is 6.20 Å². The zero-order valence-corrected chi connectivity index (χ0v) is 10.2. The third-order valence-corrected chi connectivity index (χ3v) is 2.24. The highest BCUT2D eigenvalue weighted by Gasteiger charge is 2.00. The molecule has 2 nitrogen and oxygen atoms in total. The van der Waals surface area contributed by atoms with Gasteiger partial charge in [0.05, 0.1) is 11.2 Å². The number of nitrogens with zero attached hydrogens (tertiary/aromatic N) is 1. The summed E-state index contributed by atoms with van der Waals surface area (Å²) in [5.41, 5.74) is 1.91. The maximum absolute atomic E-state index is 4.99. The molecule has 0 fully saturated rings. The van der Waals surface area contributed by atoms with Crippen molar-refractivity contribution >= 4 is 54.4 Å². The van der Waals surface area contributed by atoms with Gasteiger partial charge in [0.1, 0.15) is 3.00 Å². The minimum atomic E-state index is 0.723. The van der Waals surface area contributed by atoms with Gasteiger partial charge in [0.15, 0.2) is 0 Å². The van der Waals surface area contributed by atoms with Crippen LogP contribution in [0.2, 0.25) is 0 Å². The lowest BCUT2D eigenvalue weighted by Crippen LogP contribution is -2.00. The van der Waals surface area contributed by atoms with Crippen molar-refractivity contribution < 1.29 is 0 Å². The van der Waals surface area contributed by atoms with Gasteiger partial charge in [-0.15, -0.1) is 0 Å². The van der Waals surface area contributed by atoms with Gasteiger partial charge in [0.2, 0.25) is 0 Å². The Kier molecular flexibility index (Phi) is 2.93. The van der Waals surface area contributed by atoms with Gasteiger partial charge in [0.25, 0.3) is 0 Å². The highest BCUT2D eigenvalue weighted by Crippen LogP contribution is 2.21. The lowest BCUT2D eigenvalue weighted by Gasteiger charge is -2.05. The normalized spacial score (nSPS) is 10.1. The Morgan fingerprint density at radius 3 is 2.86 bits per heavy atom. The molecule has 0 aliphatic heterocycles. The fourth-order valence-electron chi connectivity index (χ4n) is 1.31. The molecule has 2 aromatic rings.